The zero-order valence-corrected chi connectivity index (χ0v) is 14.4. The molecule has 0 spiro atoms. The minimum absolute atomic E-state index is 0.157. The highest BCUT2D eigenvalue weighted by Gasteiger charge is 2.37. The van der Waals surface area contributed by atoms with Crippen LogP contribution in [0.15, 0.2) is 54.6 Å². The van der Waals surface area contributed by atoms with Gasteiger partial charge in [0.05, 0.1) is 11.1 Å². The number of hydrogen-bond donors (Lipinski definition) is 0. The predicted octanol–water partition coefficient (Wildman–Crippen LogP) is 2.37. The summed E-state index contributed by atoms with van der Waals surface area (Å²) in [6, 6.07) is 17.0. The fourth-order valence-corrected chi connectivity index (χ4v) is 3.79. The number of carbonyl (C=O) groups excluding carboxylic acids is 3. The molecule has 2 aromatic rings. The van der Waals surface area contributed by atoms with Crippen LogP contribution in [0.1, 0.15) is 32.7 Å². The number of fused-ring (bicyclic) bond motifs is 1. The van der Waals surface area contributed by atoms with Crippen molar-refractivity contribution in [3.8, 4) is 0 Å². The molecule has 2 aliphatic heterocycles. The van der Waals surface area contributed by atoms with Gasteiger partial charge in [0, 0.05) is 13.1 Å². The van der Waals surface area contributed by atoms with Gasteiger partial charge in [-0.15, -0.1) is 0 Å². The number of rotatable bonds is 4. The van der Waals surface area contributed by atoms with Gasteiger partial charge in [0.25, 0.3) is 11.8 Å². The van der Waals surface area contributed by atoms with Gasteiger partial charge in [0.15, 0.2) is 0 Å². The second kappa shape index (κ2) is 6.75. The molecule has 3 amide bonds. The number of hydrogen-bond acceptors (Lipinski definition) is 3. The Balaban J connectivity index is 1.38. The summed E-state index contributed by atoms with van der Waals surface area (Å²) in [6.45, 7) is 1.18. The first-order valence-electron chi connectivity index (χ1n) is 8.90. The molecule has 5 nitrogen and oxygen atoms in total. The third-order valence-corrected chi connectivity index (χ3v) is 5.18. The zero-order chi connectivity index (χ0) is 18.1. The Hall–Kier alpha value is -2.95. The lowest BCUT2D eigenvalue weighted by atomic mass is 9.99. The SMILES string of the molecule is O=C(CN1C(=O)c2ccccc2C1=O)N1CCC(Cc2ccccc2)C1. The third kappa shape index (κ3) is 3.01. The molecule has 2 aliphatic rings. The molecule has 0 bridgehead atoms. The summed E-state index contributed by atoms with van der Waals surface area (Å²) >= 11 is 0. The average molecular weight is 348 g/mol. The first-order valence-corrected chi connectivity index (χ1v) is 8.90. The Morgan fingerprint density at radius 2 is 1.54 bits per heavy atom. The van der Waals surface area contributed by atoms with Crippen LogP contribution in [-0.4, -0.2) is 47.2 Å². The van der Waals surface area contributed by atoms with E-state index < -0.39 is 0 Å². The van der Waals surface area contributed by atoms with Crippen molar-refractivity contribution >= 4 is 17.7 Å². The van der Waals surface area contributed by atoms with Gasteiger partial charge < -0.3 is 4.90 Å². The number of nitrogens with zero attached hydrogens (tertiary/aromatic N) is 2. The third-order valence-electron chi connectivity index (χ3n) is 5.18. The fraction of sp³-hybridized carbons (Fsp3) is 0.286. The molecule has 2 heterocycles. The molecule has 4 rings (SSSR count). The summed E-state index contributed by atoms with van der Waals surface area (Å²) < 4.78 is 0. The lowest BCUT2D eigenvalue weighted by Crippen LogP contribution is -2.41. The highest BCUT2D eigenvalue weighted by Crippen LogP contribution is 2.24. The number of benzene rings is 2. The summed E-state index contributed by atoms with van der Waals surface area (Å²) in [5.74, 6) is -0.489. The van der Waals surface area contributed by atoms with E-state index in [0.29, 0.717) is 30.1 Å². The van der Waals surface area contributed by atoms with E-state index in [-0.39, 0.29) is 24.3 Å². The van der Waals surface area contributed by atoms with Crippen LogP contribution in [0.2, 0.25) is 0 Å². The number of likely N-dealkylation sites (tertiary alicyclic amines) is 1. The van der Waals surface area contributed by atoms with Crippen LogP contribution in [0.4, 0.5) is 0 Å². The van der Waals surface area contributed by atoms with Crippen molar-refractivity contribution in [2.45, 2.75) is 12.8 Å². The molecular formula is C21H20N2O3. The van der Waals surface area contributed by atoms with Crippen molar-refractivity contribution in [3.63, 3.8) is 0 Å². The molecule has 2 aromatic carbocycles. The summed E-state index contributed by atoms with van der Waals surface area (Å²) in [4.78, 5) is 40.3. The van der Waals surface area contributed by atoms with E-state index in [1.807, 2.05) is 18.2 Å². The minimum Gasteiger partial charge on any atom is -0.341 e. The number of carbonyl (C=O) groups is 3. The minimum atomic E-state index is -0.376. The molecule has 0 aliphatic carbocycles. The van der Waals surface area contributed by atoms with E-state index >= 15 is 0 Å². The van der Waals surface area contributed by atoms with Crippen molar-refractivity contribution in [1.29, 1.82) is 0 Å². The average Bonchev–Trinajstić information content (AvgIpc) is 3.22. The van der Waals surface area contributed by atoms with Crippen molar-refractivity contribution in [1.82, 2.24) is 9.80 Å². The predicted molar refractivity (Wildman–Crippen MR) is 96.6 cm³/mol. The zero-order valence-electron chi connectivity index (χ0n) is 14.4. The van der Waals surface area contributed by atoms with Gasteiger partial charge in [-0.1, -0.05) is 42.5 Å². The highest BCUT2D eigenvalue weighted by molar-refractivity contribution is 6.22. The van der Waals surface area contributed by atoms with Gasteiger partial charge in [0.1, 0.15) is 6.54 Å². The van der Waals surface area contributed by atoms with Crippen LogP contribution in [-0.2, 0) is 11.2 Å². The largest absolute Gasteiger partial charge is 0.341 e. The molecule has 0 radical (unpaired) electrons. The Bertz CT molecular complexity index is 828. The van der Waals surface area contributed by atoms with Crippen LogP contribution in [0, 0.1) is 5.92 Å². The summed E-state index contributed by atoms with van der Waals surface area (Å²) in [5, 5.41) is 0. The molecule has 132 valence electrons. The highest BCUT2D eigenvalue weighted by atomic mass is 16.2. The monoisotopic (exact) mass is 348 g/mol. The Morgan fingerprint density at radius 1 is 0.923 bits per heavy atom. The molecular weight excluding hydrogens is 328 g/mol. The lowest BCUT2D eigenvalue weighted by Gasteiger charge is -2.20. The smallest absolute Gasteiger partial charge is 0.262 e. The number of imide groups is 1. The Kier molecular flexibility index (Phi) is 4.29. The maximum Gasteiger partial charge on any atom is 0.262 e. The van der Waals surface area contributed by atoms with Crippen LogP contribution < -0.4 is 0 Å². The second-order valence-electron chi connectivity index (χ2n) is 6.93. The molecule has 26 heavy (non-hydrogen) atoms. The van der Waals surface area contributed by atoms with Crippen LogP contribution in [0.25, 0.3) is 0 Å². The first-order chi connectivity index (χ1) is 12.6. The van der Waals surface area contributed by atoms with Gasteiger partial charge in [-0.05, 0) is 36.5 Å². The molecule has 0 saturated carbocycles. The maximum atomic E-state index is 12.6. The second-order valence-corrected chi connectivity index (χ2v) is 6.93. The molecule has 1 saturated heterocycles. The summed E-state index contributed by atoms with van der Waals surface area (Å²) in [6.07, 6.45) is 1.89. The normalized spacial score (nSPS) is 19.2. The van der Waals surface area contributed by atoms with Crippen molar-refractivity contribution < 1.29 is 14.4 Å². The van der Waals surface area contributed by atoms with E-state index in [9.17, 15) is 14.4 Å². The summed E-state index contributed by atoms with van der Waals surface area (Å²) in [7, 11) is 0. The van der Waals surface area contributed by atoms with Gasteiger partial charge in [0.2, 0.25) is 5.91 Å². The molecule has 0 N–H and O–H groups in total. The molecule has 1 unspecified atom stereocenters. The molecule has 1 fully saturated rings. The van der Waals surface area contributed by atoms with E-state index in [1.165, 1.54) is 5.56 Å². The topological polar surface area (TPSA) is 57.7 Å². The van der Waals surface area contributed by atoms with E-state index in [4.69, 9.17) is 0 Å². The maximum absolute atomic E-state index is 12.6. The van der Waals surface area contributed by atoms with E-state index in [0.717, 1.165) is 17.7 Å². The molecule has 0 aromatic heterocycles. The van der Waals surface area contributed by atoms with Crippen LogP contribution in [0.5, 0.6) is 0 Å². The lowest BCUT2D eigenvalue weighted by molar-refractivity contribution is -0.130. The Morgan fingerprint density at radius 3 is 2.19 bits per heavy atom. The Labute approximate surface area is 152 Å². The number of amides is 3. The fourth-order valence-electron chi connectivity index (χ4n) is 3.79. The van der Waals surface area contributed by atoms with Crippen LogP contribution in [0.3, 0.4) is 0 Å². The van der Waals surface area contributed by atoms with Crippen molar-refractivity contribution in [2.24, 2.45) is 5.92 Å². The summed E-state index contributed by atoms with van der Waals surface area (Å²) in [5.41, 5.74) is 2.04. The van der Waals surface area contributed by atoms with Crippen molar-refractivity contribution in [3.05, 3.63) is 71.3 Å². The molecule has 5 heteroatoms. The van der Waals surface area contributed by atoms with Gasteiger partial charge >= 0.3 is 0 Å². The quantitative estimate of drug-likeness (QED) is 0.797. The van der Waals surface area contributed by atoms with E-state index in [1.54, 1.807) is 29.2 Å². The van der Waals surface area contributed by atoms with Gasteiger partial charge in [-0.2, -0.15) is 0 Å². The van der Waals surface area contributed by atoms with Crippen LogP contribution >= 0.6 is 0 Å². The van der Waals surface area contributed by atoms with Gasteiger partial charge in [-0.25, -0.2) is 0 Å². The van der Waals surface area contributed by atoms with E-state index in [2.05, 4.69) is 12.1 Å². The van der Waals surface area contributed by atoms with Crippen molar-refractivity contribution in [2.75, 3.05) is 19.6 Å². The first kappa shape index (κ1) is 16.5. The standard InChI is InChI=1S/C21H20N2O3/c24-19(14-23-20(25)17-8-4-5-9-18(17)21(23)26)22-11-10-16(13-22)12-15-6-2-1-3-7-15/h1-9,16H,10-14H2. The molecule has 1 atom stereocenters. The van der Waals surface area contributed by atoms with Gasteiger partial charge in [-0.3, -0.25) is 19.3 Å².